The summed E-state index contributed by atoms with van der Waals surface area (Å²) < 4.78 is 5.14. The Morgan fingerprint density at radius 2 is 2.15 bits per heavy atom. The van der Waals surface area contributed by atoms with Crippen LogP contribution in [0.25, 0.3) is 11.5 Å². The van der Waals surface area contributed by atoms with Crippen molar-refractivity contribution in [3.8, 4) is 11.5 Å². The fourth-order valence-corrected chi connectivity index (χ4v) is 2.16. The first-order valence-corrected chi connectivity index (χ1v) is 6.17. The summed E-state index contributed by atoms with van der Waals surface area (Å²) in [4.78, 5) is 14.6. The van der Waals surface area contributed by atoms with Gasteiger partial charge >= 0.3 is 0 Å². The Kier molecular flexibility index (Phi) is 2.68. The average Bonchev–Trinajstić information content (AvgIpc) is 2.86. The summed E-state index contributed by atoms with van der Waals surface area (Å²) in [7, 11) is 0. The Labute approximate surface area is 113 Å². The van der Waals surface area contributed by atoms with Gasteiger partial charge in [0.2, 0.25) is 0 Å². The van der Waals surface area contributed by atoms with Crippen LogP contribution in [0.3, 0.4) is 0 Å². The predicted molar refractivity (Wildman–Crippen MR) is 70.5 cm³/mol. The van der Waals surface area contributed by atoms with Gasteiger partial charge in [0.15, 0.2) is 5.82 Å². The van der Waals surface area contributed by atoms with Crippen LogP contribution >= 0.6 is 0 Å². The molecular formula is C12H13N5O3. The van der Waals surface area contributed by atoms with E-state index in [2.05, 4.69) is 10.1 Å². The molecule has 104 valence electrons. The molecule has 2 aromatic rings. The molecule has 0 radical (unpaired) electrons. The number of nitrogen functional groups attached to an aromatic ring is 1. The fraction of sp³-hybridized carbons (Fsp3) is 0.333. The lowest BCUT2D eigenvalue weighted by Gasteiger charge is -2.34. The van der Waals surface area contributed by atoms with Crippen molar-refractivity contribution in [1.82, 2.24) is 10.1 Å². The molecular weight excluding hydrogens is 262 g/mol. The van der Waals surface area contributed by atoms with Crippen molar-refractivity contribution in [1.29, 1.82) is 0 Å². The monoisotopic (exact) mass is 275 g/mol. The predicted octanol–water partition coefficient (Wildman–Crippen LogP) is 1.56. The van der Waals surface area contributed by atoms with Crippen LogP contribution in [0.1, 0.15) is 25.1 Å². The number of rotatable bonds is 3. The van der Waals surface area contributed by atoms with Crippen molar-refractivity contribution in [3.05, 3.63) is 34.1 Å². The maximum Gasteiger partial charge on any atom is 0.292 e. The minimum absolute atomic E-state index is 0.0905. The standard InChI is InChI=1S/C12H13N5O3/c13-8-3-2-7(6-9(8)17(18)19)10-15-11(16-20-10)12(14)4-1-5-12/h2-3,6H,1,4-5,13-14H2. The molecule has 3 rings (SSSR count). The van der Waals surface area contributed by atoms with Crippen LogP contribution < -0.4 is 11.5 Å². The lowest BCUT2D eigenvalue weighted by molar-refractivity contribution is -0.383. The van der Waals surface area contributed by atoms with E-state index in [-0.39, 0.29) is 17.3 Å². The third-order valence-corrected chi connectivity index (χ3v) is 3.59. The third kappa shape index (κ3) is 1.90. The maximum atomic E-state index is 10.9. The largest absolute Gasteiger partial charge is 0.393 e. The van der Waals surface area contributed by atoms with Gasteiger partial charge in [0.25, 0.3) is 11.6 Å². The smallest absolute Gasteiger partial charge is 0.292 e. The van der Waals surface area contributed by atoms with Crippen LogP contribution in [0.4, 0.5) is 11.4 Å². The highest BCUT2D eigenvalue weighted by Gasteiger charge is 2.39. The second kappa shape index (κ2) is 4.27. The highest BCUT2D eigenvalue weighted by Crippen LogP contribution is 2.38. The SMILES string of the molecule is Nc1ccc(-c2nc(C3(N)CCC3)no2)cc1[N+](=O)[O-]. The van der Waals surface area contributed by atoms with Crippen LogP contribution in [0.5, 0.6) is 0 Å². The zero-order valence-corrected chi connectivity index (χ0v) is 10.6. The second-order valence-corrected chi connectivity index (χ2v) is 4.96. The Bertz CT molecular complexity index is 677. The van der Waals surface area contributed by atoms with Crippen molar-refractivity contribution >= 4 is 11.4 Å². The number of nitro groups is 1. The summed E-state index contributed by atoms with van der Waals surface area (Å²) in [5.74, 6) is 0.651. The highest BCUT2D eigenvalue weighted by atomic mass is 16.6. The van der Waals surface area contributed by atoms with E-state index >= 15 is 0 Å². The Morgan fingerprint density at radius 1 is 1.40 bits per heavy atom. The normalized spacial score (nSPS) is 16.6. The summed E-state index contributed by atoms with van der Waals surface area (Å²) in [5.41, 5.74) is 11.5. The quantitative estimate of drug-likeness (QED) is 0.493. The fourth-order valence-electron chi connectivity index (χ4n) is 2.16. The van der Waals surface area contributed by atoms with Crippen LogP contribution in [-0.2, 0) is 5.54 Å². The van der Waals surface area contributed by atoms with Crippen molar-refractivity contribution < 1.29 is 9.45 Å². The number of nitrogens with two attached hydrogens (primary N) is 2. The van der Waals surface area contributed by atoms with Gasteiger partial charge < -0.3 is 16.0 Å². The number of nitrogens with zero attached hydrogens (tertiary/aromatic N) is 3. The number of anilines is 1. The number of hydrogen-bond acceptors (Lipinski definition) is 7. The van der Waals surface area contributed by atoms with Crippen molar-refractivity contribution in [2.75, 3.05) is 5.73 Å². The Balaban J connectivity index is 1.97. The third-order valence-electron chi connectivity index (χ3n) is 3.59. The molecule has 4 N–H and O–H groups in total. The van der Waals surface area contributed by atoms with E-state index in [9.17, 15) is 10.1 Å². The summed E-state index contributed by atoms with van der Waals surface area (Å²) in [6.45, 7) is 0. The van der Waals surface area contributed by atoms with E-state index in [0.29, 0.717) is 11.4 Å². The molecule has 0 amide bonds. The van der Waals surface area contributed by atoms with E-state index < -0.39 is 10.5 Å². The second-order valence-electron chi connectivity index (χ2n) is 4.96. The number of benzene rings is 1. The molecule has 0 aliphatic heterocycles. The van der Waals surface area contributed by atoms with Crippen LogP contribution in [0.2, 0.25) is 0 Å². The van der Waals surface area contributed by atoms with Gasteiger partial charge in [-0.3, -0.25) is 10.1 Å². The molecule has 1 aliphatic carbocycles. The van der Waals surface area contributed by atoms with Gasteiger partial charge in [0, 0.05) is 11.6 Å². The van der Waals surface area contributed by atoms with Gasteiger partial charge in [-0.05, 0) is 31.4 Å². The van der Waals surface area contributed by atoms with Gasteiger partial charge in [-0.2, -0.15) is 4.98 Å². The van der Waals surface area contributed by atoms with E-state index in [4.69, 9.17) is 16.0 Å². The zero-order chi connectivity index (χ0) is 14.3. The summed E-state index contributed by atoms with van der Waals surface area (Å²) in [6.07, 6.45) is 2.66. The first kappa shape index (κ1) is 12.5. The highest BCUT2D eigenvalue weighted by molar-refractivity contribution is 5.67. The average molecular weight is 275 g/mol. The van der Waals surface area contributed by atoms with Crippen molar-refractivity contribution in [2.45, 2.75) is 24.8 Å². The minimum atomic E-state index is -0.549. The molecule has 1 heterocycles. The van der Waals surface area contributed by atoms with Gasteiger partial charge in [-0.1, -0.05) is 5.16 Å². The van der Waals surface area contributed by atoms with E-state index in [0.717, 1.165) is 19.3 Å². The van der Waals surface area contributed by atoms with Crippen molar-refractivity contribution in [2.24, 2.45) is 5.73 Å². The lowest BCUT2D eigenvalue weighted by atomic mass is 9.77. The Morgan fingerprint density at radius 3 is 2.75 bits per heavy atom. The molecule has 0 atom stereocenters. The van der Waals surface area contributed by atoms with Gasteiger partial charge in [-0.25, -0.2) is 0 Å². The number of aromatic nitrogens is 2. The molecule has 1 aromatic carbocycles. The van der Waals surface area contributed by atoms with Gasteiger partial charge in [-0.15, -0.1) is 0 Å². The van der Waals surface area contributed by atoms with Gasteiger partial charge in [0.05, 0.1) is 10.5 Å². The maximum absolute atomic E-state index is 10.9. The molecule has 1 aromatic heterocycles. The molecule has 0 bridgehead atoms. The molecule has 1 aliphatic rings. The van der Waals surface area contributed by atoms with Crippen LogP contribution in [0.15, 0.2) is 22.7 Å². The lowest BCUT2D eigenvalue weighted by Crippen LogP contribution is -2.44. The Hall–Kier alpha value is -2.48. The molecule has 0 saturated heterocycles. The first-order chi connectivity index (χ1) is 9.49. The summed E-state index contributed by atoms with van der Waals surface area (Å²) in [5, 5.41) is 14.7. The van der Waals surface area contributed by atoms with E-state index in [1.54, 1.807) is 6.07 Å². The molecule has 0 spiro atoms. The minimum Gasteiger partial charge on any atom is -0.393 e. The summed E-state index contributed by atoms with van der Waals surface area (Å²) >= 11 is 0. The molecule has 8 heteroatoms. The topological polar surface area (TPSA) is 134 Å². The first-order valence-electron chi connectivity index (χ1n) is 6.17. The number of nitro benzene ring substituents is 1. The number of hydrogen-bond donors (Lipinski definition) is 2. The molecule has 20 heavy (non-hydrogen) atoms. The summed E-state index contributed by atoms with van der Waals surface area (Å²) in [6, 6.07) is 4.36. The molecule has 0 unspecified atom stereocenters. The molecule has 1 fully saturated rings. The molecule has 1 saturated carbocycles. The van der Waals surface area contributed by atoms with E-state index in [1.807, 2.05) is 0 Å². The van der Waals surface area contributed by atoms with Crippen molar-refractivity contribution in [3.63, 3.8) is 0 Å². The van der Waals surface area contributed by atoms with E-state index in [1.165, 1.54) is 12.1 Å². The van der Waals surface area contributed by atoms with Crippen LogP contribution in [-0.4, -0.2) is 15.1 Å². The van der Waals surface area contributed by atoms with Gasteiger partial charge in [0.1, 0.15) is 5.69 Å². The van der Waals surface area contributed by atoms with Crippen LogP contribution in [0, 0.1) is 10.1 Å². The molecule has 8 nitrogen and oxygen atoms in total. The zero-order valence-electron chi connectivity index (χ0n) is 10.6.